The molecule has 6 heteroatoms. The fourth-order valence-electron chi connectivity index (χ4n) is 5.70. The van der Waals surface area contributed by atoms with Gasteiger partial charge >= 0.3 is 0 Å². The van der Waals surface area contributed by atoms with E-state index in [1.807, 2.05) is 48.7 Å². The Morgan fingerprint density at radius 2 is 2.06 bits per heavy atom. The highest BCUT2D eigenvalue weighted by atomic mass is 16.5. The van der Waals surface area contributed by atoms with Gasteiger partial charge in [0.15, 0.2) is 0 Å². The molecule has 3 aliphatic rings. The fourth-order valence-corrected chi connectivity index (χ4v) is 5.70. The van der Waals surface area contributed by atoms with Crippen LogP contribution in [-0.2, 0) is 0 Å². The number of piperidine rings is 3. The molecule has 3 fully saturated rings. The van der Waals surface area contributed by atoms with Crippen molar-refractivity contribution in [3.8, 4) is 11.5 Å². The standard InChI is InChI=1S/C28H31N3O3/c1-4-18-17-31-14-12-19(18)15-25(31)27(30-28(32)22-7-5-6-8-26(22)34-3)21-11-13-29-24-10-9-20(33-2)16-23(21)24/h4-11,13,16,18-19,25,27H,1,12,14-15,17H2,2-3H3,(H,30,32)/t18-,19-,25+,27+/m0/s1. The van der Waals surface area contributed by atoms with Crippen LogP contribution in [0.15, 0.2) is 67.4 Å². The van der Waals surface area contributed by atoms with Crippen LogP contribution < -0.4 is 14.8 Å². The molecule has 2 bridgehead atoms. The van der Waals surface area contributed by atoms with Gasteiger partial charge in [-0.25, -0.2) is 0 Å². The third-order valence-corrected chi connectivity index (χ3v) is 7.49. The summed E-state index contributed by atoms with van der Waals surface area (Å²) in [5, 5.41) is 4.38. The van der Waals surface area contributed by atoms with Crippen molar-refractivity contribution in [1.29, 1.82) is 0 Å². The van der Waals surface area contributed by atoms with E-state index in [1.54, 1.807) is 20.3 Å². The summed E-state index contributed by atoms with van der Waals surface area (Å²) >= 11 is 0. The van der Waals surface area contributed by atoms with Crippen LogP contribution in [0.25, 0.3) is 10.9 Å². The molecule has 0 saturated carbocycles. The number of benzene rings is 2. The van der Waals surface area contributed by atoms with E-state index in [4.69, 9.17) is 9.47 Å². The number of amides is 1. The molecule has 2 aromatic carbocycles. The van der Waals surface area contributed by atoms with Gasteiger partial charge in [0.05, 0.1) is 31.3 Å². The molecule has 4 heterocycles. The van der Waals surface area contributed by atoms with Crippen molar-refractivity contribution >= 4 is 16.8 Å². The SMILES string of the molecule is C=C[C@H]1CN2CC[C@H]1C[C@@H]2[C@H](NC(=O)c1ccccc1OC)c1ccnc2ccc(OC)cc12. The van der Waals surface area contributed by atoms with Crippen molar-refractivity contribution < 1.29 is 14.3 Å². The van der Waals surface area contributed by atoms with Crippen LogP contribution in [0.2, 0.25) is 0 Å². The number of methoxy groups -OCH3 is 2. The van der Waals surface area contributed by atoms with Crippen molar-refractivity contribution in [2.24, 2.45) is 11.8 Å². The number of rotatable bonds is 7. The van der Waals surface area contributed by atoms with E-state index in [1.165, 1.54) is 6.42 Å². The molecule has 3 aliphatic heterocycles. The third-order valence-electron chi connectivity index (χ3n) is 7.49. The molecule has 6 nitrogen and oxygen atoms in total. The first-order chi connectivity index (χ1) is 16.6. The third kappa shape index (κ3) is 4.03. The van der Waals surface area contributed by atoms with Gasteiger partial charge in [0.25, 0.3) is 5.91 Å². The highest BCUT2D eigenvalue weighted by Gasteiger charge is 2.43. The molecule has 5 atom stereocenters. The van der Waals surface area contributed by atoms with E-state index in [0.717, 1.165) is 41.7 Å². The first-order valence-electron chi connectivity index (χ1n) is 11.9. The Hall–Kier alpha value is -3.38. The topological polar surface area (TPSA) is 63.7 Å². The van der Waals surface area contributed by atoms with Gasteiger partial charge in [-0.2, -0.15) is 0 Å². The van der Waals surface area contributed by atoms with Gasteiger partial charge in [0.2, 0.25) is 0 Å². The van der Waals surface area contributed by atoms with E-state index >= 15 is 0 Å². The summed E-state index contributed by atoms with van der Waals surface area (Å²) in [6, 6.07) is 15.3. The molecule has 0 radical (unpaired) electrons. The van der Waals surface area contributed by atoms with Gasteiger partial charge in [-0.1, -0.05) is 18.2 Å². The van der Waals surface area contributed by atoms with Gasteiger partial charge in [-0.05, 0) is 73.2 Å². The Kier molecular flexibility index (Phi) is 6.24. The van der Waals surface area contributed by atoms with E-state index < -0.39 is 0 Å². The van der Waals surface area contributed by atoms with Gasteiger partial charge in [-0.15, -0.1) is 6.58 Å². The number of aromatic nitrogens is 1. The second-order valence-electron chi connectivity index (χ2n) is 9.18. The number of nitrogens with zero attached hydrogens (tertiary/aromatic N) is 2. The molecule has 3 aromatic rings. The zero-order valence-electron chi connectivity index (χ0n) is 19.7. The Morgan fingerprint density at radius 1 is 1.21 bits per heavy atom. The lowest BCUT2D eigenvalue weighted by Crippen LogP contribution is -2.57. The first kappa shape index (κ1) is 22.4. The molecular weight excluding hydrogens is 426 g/mol. The largest absolute Gasteiger partial charge is 0.497 e. The van der Waals surface area contributed by atoms with Crippen molar-refractivity contribution in [1.82, 2.24) is 15.2 Å². The maximum absolute atomic E-state index is 13.6. The number of carbonyl (C=O) groups excluding carboxylic acids is 1. The summed E-state index contributed by atoms with van der Waals surface area (Å²) < 4.78 is 11.0. The zero-order valence-corrected chi connectivity index (χ0v) is 19.7. The molecule has 1 N–H and O–H groups in total. The molecule has 1 aromatic heterocycles. The number of nitrogens with one attached hydrogen (secondary N) is 1. The van der Waals surface area contributed by atoms with Gasteiger partial charge in [-0.3, -0.25) is 14.7 Å². The van der Waals surface area contributed by atoms with Crippen LogP contribution in [0.4, 0.5) is 0 Å². The average molecular weight is 458 g/mol. The molecule has 1 unspecified atom stereocenters. The average Bonchev–Trinajstić information content (AvgIpc) is 2.91. The Labute approximate surface area is 200 Å². The maximum atomic E-state index is 13.6. The van der Waals surface area contributed by atoms with Crippen molar-refractivity contribution in [2.75, 3.05) is 27.3 Å². The second-order valence-corrected chi connectivity index (χ2v) is 9.18. The van der Waals surface area contributed by atoms with E-state index in [9.17, 15) is 4.79 Å². The minimum atomic E-state index is -0.205. The lowest BCUT2D eigenvalue weighted by molar-refractivity contribution is 0.00169. The Morgan fingerprint density at radius 3 is 2.79 bits per heavy atom. The van der Waals surface area contributed by atoms with Crippen molar-refractivity contribution in [3.05, 3.63) is 78.5 Å². The summed E-state index contributed by atoms with van der Waals surface area (Å²) in [5.41, 5.74) is 2.47. The highest BCUT2D eigenvalue weighted by Crippen LogP contribution is 2.42. The number of carbonyl (C=O) groups is 1. The van der Waals surface area contributed by atoms with E-state index in [-0.39, 0.29) is 18.0 Å². The second kappa shape index (κ2) is 9.47. The smallest absolute Gasteiger partial charge is 0.255 e. The monoisotopic (exact) mass is 457 g/mol. The maximum Gasteiger partial charge on any atom is 0.255 e. The van der Waals surface area contributed by atoms with Crippen LogP contribution in [0, 0.1) is 11.8 Å². The Bertz CT molecular complexity index is 1210. The van der Waals surface area contributed by atoms with Gasteiger partial charge < -0.3 is 14.8 Å². The van der Waals surface area contributed by atoms with Crippen LogP contribution in [-0.4, -0.2) is 49.1 Å². The van der Waals surface area contributed by atoms with Crippen molar-refractivity contribution in [2.45, 2.75) is 24.9 Å². The van der Waals surface area contributed by atoms with E-state index in [2.05, 4.69) is 27.9 Å². The summed E-state index contributed by atoms with van der Waals surface area (Å²) in [4.78, 5) is 20.7. The fraction of sp³-hybridized carbons (Fsp3) is 0.357. The number of pyridine rings is 1. The van der Waals surface area contributed by atoms with Crippen LogP contribution in [0.3, 0.4) is 0 Å². The normalized spacial score (nSPS) is 24.4. The lowest BCUT2D eigenvalue weighted by atomic mass is 9.73. The number of fused-ring (bicyclic) bond motifs is 4. The summed E-state index contributed by atoms with van der Waals surface area (Å²) in [6.07, 6.45) is 6.12. The van der Waals surface area contributed by atoms with Gasteiger partial charge in [0, 0.05) is 24.2 Å². The van der Waals surface area contributed by atoms with Crippen molar-refractivity contribution in [3.63, 3.8) is 0 Å². The molecule has 176 valence electrons. The number of hydrogen-bond acceptors (Lipinski definition) is 5. The first-order valence-corrected chi connectivity index (χ1v) is 11.9. The summed E-state index contributed by atoms with van der Waals surface area (Å²) in [6.45, 7) is 6.08. The molecule has 1 amide bonds. The van der Waals surface area contributed by atoms with Crippen LogP contribution in [0.5, 0.6) is 11.5 Å². The van der Waals surface area contributed by atoms with Crippen LogP contribution in [0.1, 0.15) is 34.8 Å². The number of ether oxygens (including phenoxy) is 2. The highest BCUT2D eigenvalue weighted by molar-refractivity contribution is 5.97. The Balaban J connectivity index is 1.58. The molecule has 0 spiro atoms. The molecule has 6 rings (SSSR count). The predicted octanol–water partition coefficient (Wildman–Crippen LogP) is 4.62. The number of hydrogen-bond donors (Lipinski definition) is 1. The molecule has 34 heavy (non-hydrogen) atoms. The number of para-hydroxylation sites is 1. The predicted molar refractivity (Wildman–Crippen MR) is 133 cm³/mol. The van der Waals surface area contributed by atoms with Gasteiger partial charge in [0.1, 0.15) is 11.5 Å². The van der Waals surface area contributed by atoms with E-state index in [0.29, 0.717) is 23.1 Å². The summed E-state index contributed by atoms with van der Waals surface area (Å²) in [5.74, 6) is 2.29. The van der Waals surface area contributed by atoms with Crippen LogP contribution >= 0.6 is 0 Å². The molecule has 0 aliphatic carbocycles. The minimum absolute atomic E-state index is 0.141. The zero-order chi connectivity index (χ0) is 23.7. The summed E-state index contributed by atoms with van der Waals surface area (Å²) in [7, 11) is 3.26. The quantitative estimate of drug-likeness (QED) is 0.525. The minimum Gasteiger partial charge on any atom is -0.497 e. The lowest BCUT2D eigenvalue weighted by Gasteiger charge is -2.51. The molecular formula is C28H31N3O3. The molecule has 3 saturated heterocycles.